The van der Waals surface area contributed by atoms with Crippen molar-refractivity contribution in [3.63, 3.8) is 0 Å². The van der Waals surface area contributed by atoms with Gasteiger partial charge in [0.25, 0.3) is 0 Å². The first-order valence-corrected chi connectivity index (χ1v) is 6.83. The second-order valence-electron chi connectivity index (χ2n) is 4.20. The largest absolute Gasteiger partial charge is 0.494 e. The van der Waals surface area contributed by atoms with E-state index in [1.165, 1.54) is 6.08 Å². The molecule has 0 bridgehead atoms. The highest BCUT2D eigenvalue weighted by Crippen LogP contribution is 2.13. The first-order valence-electron chi connectivity index (χ1n) is 6.83. The molecule has 0 saturated heterocycles. The maximum atomic E-state index is 11.5. The summed E-state index contributed by atoms with van der Waals surface area (Å²) in [6.07, 6.45) is 4.88. The zero-order valence-electron chi connectivity index (χ0n) is 12.1. The Balaban J connectivity index is 2.29. The van der Waals surface area contributed by atoms with Crippen LogP contribution in [0.15, 0.2) is 30.3 Å². The van der Waals surface area contributed by atoms with Gasteiger partial charge in [-0.05, 0) is 43.5 Å². The fraction of sp³-hybridized carbons (Fsp3) is 0.438. The van der Waals surface area contributed by atoms with Crippen molar-refractivity contribution in [1.29, 1.82) is 0 Å². The topological polar surface area (TPSA) is 44.8 Å². The monoisotopic (exact) mass is 278 g/mol. The molecular weight excluding hydrogens is 256 g/mol. The maximum absolute atomic E-state index is 11.5. The molecule has 0 atom stereocenters. The van der Waals surface area contributed by atoms with Gasteiger partial charge in [-0.3, -0.25) is 0 Å². The van der Waals surface area contributed by atoms with Crippen LogP contribution in [0, 0.1) is 0 Å². The van der Waals surface area contributed by atoms with Crippen molar-refractivity contribution in [2.45, 2.75) is 19.8 Å². The molecule has 0 aliphatic heterocycles. The highest BCUT2D eigenvalue weighted by atomic mass is 16.5. The van der Waals surface area contributed by atoms with Crippen molar-refractivity contribution in [2.75, 3.05) is 26.9 Å². The van der Waals surface area contributed by atoms with E-state index in [0.29, 0.717) is 19.8 Å². The van der Waals surface area contributed by atoms with Crippen molar-refractivity contribution in [3.05, 3.63) is 35.9 Å². The van der Waals surface area contributed by atoms with Crippen LogP contribution >= 0.6 is 0 Å². The molecule has 110 valence electrons. The van der Waals surface area contributed by atoms with E-state index in [1.54, 1.807) is 13.2 Å². The summed E-state index contributed by atoms with van der Waals surface area (Å²) in [6, 6.07) is 7.54. The summed E-state index contributed by atoms with van der Waals surface area (Å²) < 4.78 is 15.3. The first-order chi connectivity index (χ1) is 9.76. The van der Waals surface area contributed by atoms with Crippen LogP contribution in [0.3, 0.4) is 0 Å². The smallest absolute Gasteiger partial charge is 0.330 e. The molecule has 0 N–H and O–H groups in total. The minimum absolute atomic E-state index is 0.323. The Morgan fingerprint density at radius 1 is 1.15 bits per heavy atom. The number of ether oxygens (including phenoxy) is 3. The minimum Gasteiger partial charge on any atom is -0.494 e. The van der Waals surface area contributed by atoms with Gasteiger partial charge in [0.15, 0.2) is 0 Å². The van der Waals surface area contributed by atoms with Gasteiger partial charge >= 0.3 is 5.97 Å². The van der Waals surface area contributed by atoms with Gasteiger partial charge in [0.2, 0.25) is 0 Å². The normalized spacial score (nSPS) is 10.7. The van der Waals surface area contributed by atoms with Gasteiger partial charge in [0, 0.05) is 19.8 Å². The summed E-state index contributed by atoms with van der Waals surface area (Å²) in [7, 11) is 1.66. The van der Waals surface area contributed by atoms with E-state index in [2.05, 4.69) is 0 Å². The van der Waals surface area contributed by atoms with Gasteiger partial charge in [0.1, 0.15) is 5.75 Å². The van der Waals surface area contributed by atoms with Crippen LogP contribution in [-0.4, -0.2) is 32.9 Å². The molecule has 0 fully saturated rings. The molecule has 0 heterocycles. The lowest BCUT2D eigenvalue weighted by Crippen LogP contribution is -2.03. The number of benzene rings is 1. The van der Waals surface area contributed by atoms with E-state index in [1.807, 2.05) is 31.2 Å². The number of rotatable bonds is 9. The van der Waals surface area contributed by atoms with Gasteiger partial charge in [-0.1, -0.05) is 12.1 Å². The standard InChI is InChI=1S/C16H22O4/c1-3-19-15-9-6-14(7-10-15)8-11-16(17)20-13-5-4-12-18-2/h6-11H,3-5,12-13H2,1-2H3/b11-8+. The number of hydrogen-bond donors (Lipinski definition) is 0. The van der Waals surface area contributed by atoms with Crippen LogP contribution in [-0.2, 0) is 14.3 Å². The average molecular weight is 278 g/mol. The van der Waals surface area contributed by atoms with Crippen LogP contribution in [0.1, 0.15) is 25.3 Å². The Morgan fingerprint density at radius 2 is 1.85 bits per heavy atom. The van der Waals surface area contributed by atoms with Crippen LogP contribution in [0.25, 0.3) is 6.08 Å². The van der Waals surface area contributed by atoms with Crippen LogP contribution in [0.4, 0.5) is 0 Å². The number of carbonyl (C=O) groups is 1. The summed E-state index contributed by atoms with van der Waals surface area (Å²) in [5.74, 6) is 0.502. The lowest BCUT2D eigenvalue weighted by atomic mass is 10.2. The summed E-state index contributed by atoms with van der Waals surface area (Å²) in [5.41, 5.74) is 0.935. The second-order valence-corrected chi connectivity index (χ2v) is 4.20. The lowest BCUT2D eigenvalue weighted by molar-refractivity contribution is -0.137. The molecule has 4 nitrogen and oxygen atoms in total. The number of methoxy groups -OCH3 is 1. The predicted octanol–water partition coefficient (Wildman–Crippen LogP) is 3.07. The number of unbranched alkanes of at least 4 members (excludes halogenated alkanes) is 1. The van der Waals surface area contributed by atoms with E-state index in [-0.39, 0.29) is 5.97 Å². The third-order valence-corrected chi connectivity index (χ3v) is 2.59. The molecule has 0 spiro atoms. The summed E-state index contributed by atoms with van der Waals surface area (Å²) in [4.78, 5) is 11.5. The molecule has 20 heavy (non-hydrogen) atoms. The van der Waals surface area contributed by atoms with E-state index in [4.69, 9.17) is 14.2 Å². The van der Waals surface area contributed by atoms with E-state index < -0.39 is 0 Å². The van der Waals surface area contributed by atoms with Crippen LogP contribution in [0.2, 0.25) is 0 Å². The van der Waals surface area contributed by atoms with Gasteiger partial charge in [-0.15, -0.1) is 0 Å². The number of carbonyl (C=O) groups excluding carboxylic acids is 1. The Hall–Kier alpha value is -1.81. The molecule has 1 aromatic carbocycles. The molecule has 0 unspecified atom stereocenters. The fourth-order valence-corrected chi connectivity index (χ4v) is 1.58. The Morgan fingerprint density at radius 3 is 2.50 bits per heavy atom. The molecule has 0 aliphatic rings. The number of esters is 1. The summed E-state index contributed by atoms with van der Waals surface area (Å²) >= 11 is 0. The summed E-state index contributed by atoms with van der Waals surface area (Å²) in [6.45, 7) is 3.70. The molecule has 0 radical (unpaired) electrons. The Kier molecular flexibility index (Phi) is 8.15. The Labute approximate surface area is 120 Å². The van der Waals surface area contributed by atoms with Gasteiger partial charge in [-0.25, -0.2) is 4.79 Å². The van der Waals surface area contributed by atoms with E-state index in [9.17, 15) is 4.79 Å². The third kappa shape index (κ3) is 6.95. The number of hydrogen-bond acceptors (Lipinski definition) is 4. The molecule has 1 rings (SSSR count). The zero-order chi connectivity index (χ0) is 14.6. The van der Waals surface area contributed by atoms with Gasteiger partial charge in [0.05, 0.1) is 13.2 Å². The highest BCUT2D eigenvalue weighted by molar-refractivity contribution is 5.87. The SMILES string of the molecule is CCOc1ccc(/C=C/C(=O)OCCCCOC)cc1. The van der Waals surface area contributed by atoms with E-state index in [0.717, 1.165) is 24.2 Å². The molecule has 0 saturated carbocycles. The second kappa shape index (κ2) is 10.0. The molecular formula is C16H22O4. The zero-order valence-corrected chi connectivity index (χ0v) is 12.1. The Bertz CT molecular complexity index is 409. The van der Waals surface area contributed by atoms with Crippen molar-refractivity contribution >= 4 is 12.0 Å². The third-order valence-electron chi connectivity index (χ3n) is 2.59. The predicted molar refractivity (Wildman–Crippen MR) is 78.7 cm³/mol. The average Bonchev–Trinajstić information content (AvgIpc) is 2.47. The maximum Gasteiger partial charge on any atom is 0.330 e. The van der Waals surface area contributed by atoms with Crippen LogP contribution < -0.4 is 4.74 Å². The van der Waals surface area contributed by atoms with Crippen molar-refractivity contribution < 1.29 is 19.0 Å². The summed E-state index contributed by atoms with van der Waals surface area (Å²) in [5, 5.41) is 0. The fourth-order valence-electron chi connectivity index (χ4n) is 1.58. The molecule has 0 aromatic heterocycles. The minimum atomic E-state index is -0.323. The molecule has 0 amide bonds. The van der Waals surface area contributed by atoms with Crippen molar-refractivity contribution in [3.8, 4) is 5.75 Å². The van der Waals surface area contributed by atoms with Crippen molar-refractivity contribution in [2.24, 2.45) is 0 Å². The molecule has 4 heteroatoms. The van der Waals surface area contributed by atoms with Gasteiger partial charge in [-0.2, -0.15) is 0 Å². The van der Waals surface area contributed by atoms with E-state index >= 15 is 0 Å². The van der Waals surface area contributed by atoms with Gasteiger partial charge < -0.3 is 14.2 Å². The van der Waals surface area contributed by atoms with Crippen LogP contribution in [0.5, 0.6) is 5.75 Å². The molecule has 1 aromatic rings. The van der Waals surface area contributed by atoms with Crippen molar-refractivity contribution in [1.82, 2.24) is 0 Å². The first kappa shape index (κ1) is 16.2. The highest BCUT2D eigenvalue weighted by Gasteiger charge is 1.97. The lowest BCUT2D eigenvalue weighted by Gasteiger charge is -2.03. The molecule has 0 aliphatic carbocycles. The quantitative estimate of drug-likeness (QED) is 0.395.